The van der Waals surface area contributed by atoms with Gasteiger partial charge < -0.3 is 24.8 Å². The summed E-state index contributed by atoms with van der Waals surface area (Å²) in [4.78, 5) is 11.0. The van der Waals surface area contributed by atoms with Crippen molar-refractivity contribution in [3.63, 3.8) is 0 Å². The highest BCUT2D eigenvalue weighted by atomic mass is 16.5. The van der Waals surface area contributed by atoms with E-state index in [0.717, 1.165) is 16.9 Å². The van der Waals surface area contributed by atoms with Gasteiger partial charge in [0.2, 0.25) is 5.88 Å². The molecule has 0 saturated carbocycles. The number of fused-ring (bicyclic) bond motifs is 1. The summed E-state index contributed by atoms with van der Waals surface area (Å²) in [6, 6.07) is 11.4. The molecule has 1 fully saturated rings. The number of nitriles is 1. The van der Waals surface area contributed by atoms with Gasteiger partial charge in [0.25, 0.3) is 0 Å². The molecular formula is C25H25N7O3. The van der Waals surface area contributed by atoms with Crippen molar-refractivity contribution in [3.8, 4) is 34.6 Å². The summed E-state index contributed by atoms with van der Waals surface area (Å²) in [5.74, 6) is 2.64. The molecule has 0 radical (unpaired) electrons. The van der Waals surface area contributed by atoms with Crippen molar-refractivity contribution in [2.45, 2.75) is 19.1 Å². The van der Waals surface area contributed by atoms with E-state index in [0.29, 0.717) is 48.2 Å². The van der Waals surface area contributed by atoms with Gasteiger partial charge in [-0.15, -0.1) is 0 Å². The summed E-state index contributed by atoms with van der Waals surface area (Å²) in [7, 11) is 1.59. The first-order valence-corrected chi connectivity index (χ1v) is 11.3. The average Bonchev–Trinajstić information content (AvgIpc) is 3.47. The summed E-state index contributed by atoms with van der Waals surface area (Å²) in [6.45, 7) is 3.65. The Morgan fingerprint density at radius 3 is 2.69 bits per heavy atom. The van der Waals surface area contributed by atoms with Crippen molar-refractivity contribution in [1.29, 1.82) is 5.26 Å². The Morgan fingerprint density at radius 2 is 2.00 bits per heavy atom. The van der Waals surface area contributed by atoms with Crippen LogP contribution >= 0.6 is 0 Å². The first-order valence-electron chi connectivity index (χ1n) is 11.3. The van der Waals surface area contributed by atoms with Gasteiger partial charge in [-0.05, 0) is 31.2 Å². The molecule has 5 heterocycles. The summed E-state index contributed by atoms with van der Waals surface area (Å²) in [6.07, 6.45) is 6.52. The number of nitrogens with two attached hydrogens (primary N) is 1. The molecule has 0 spiro atoms. The summed E-state index contributed by atoms with van der Waals surface area (Å²) in [5, 5.41) is 13.9. The lowest BCUT2D eigenvalue weighted by Gasteiger charge is -2.18. The number of rotatable bonds is 7. The van der Waals surface area contributed by atoms with Crippen LogP contribution in [-0.4, -0.2) is 58.5 Å². The third-order valence-electron chi connectivity index (χ3n) is 5.93. The molecule has 35 heavy (non-hydrogen) atoms. The number of ether oxygens (including phenoxy) is 3. The maximum absolute atomic E-state index is 9.55. The van der Waals surface area contributed by atoms with E-state index < -0.39 is 0 Å². The Bertz CT molecular complexity index is 1360. The van der Waals surface area contributed by atoms with Crippen LogP contribution in [0, 0.1) is 11.3 Å². The number of methoxy groups -OCH3 is 1. The van der Waals surface area contributed by atoms with E-state index in [2.05, 4.69) is 26.0 Å². The Labute approximate surface area is 202 Å². The number of aromatic nitrogens is 4. The van der Waals surface area contributed by atoms with Gasteiger partial charge >= 0.3 is 0 Å². The SMILES string of the molecule is CCOc1cc(-c2ccc(N3C[C@@H](N)[C@H](Oc4ccc(OC)cn4)C3)nc2)c2c(C#N)cnn2c1. The van der Waals surface area contributed by atoms with Crippen LogP contribution in [-0.2, 0) is 0 Å². The zero-order valence-electron chi connectivity index (χ0n) is 19.5. The van der Waals surface area contributed by atoms with Crippen molar-refractivity contribution >= 4 is 11.3 Å². The highest BCUT2D eigenvalue weighted by molar-refractivity contribution is 5.85. The van der Waals surface area contributed by atoms with Crippen LogP contribution in [0.4, 0.5) is 5.82 Å². The molecule has 0 aliphatic carbocycles. The molecule has 10 heteroatoms. The van der Waals surface area contributed by atoms with Gasteiger partial charge in [-0.25, -0.2) is 14.5 Å². The fraction of sp³-hybridized carbons (Fsp3) is 0.280. The minimum absolute atomic E-state index is 0.187. The van der Waals surface area contributed by atoms with Gasteiger partial charge in [0.15, 0.2) is 0 Å². The maximum Gasteiger partial charge on any atom is 0.213 e. The predicted octanol–water partition coefficient (Wildman–Crippen LogP) is 2.67. The third-order valence-corrected chi connectivity index (χ3v) is 5.93. The second-order valence-electron chi connectivity index (χ2n) is 8.15. The van der Waals surface area contributed by atoms with Crippen molar-refractivity contribution in [1.82, 2.24) is 19.6 Å². The molecule has 10 nitrogen and oxygen atoms in total. The molecular weight excluding hydrogens is 446 g/mol. The van der Waals surface area contributed by atoms with Crippen LogP contribution in [0.15, 0.2) is 55.1 Å². The van der Waals surface area contributed by atoms with E-state index in [4.69, 9.17) is 19.9 Å². The van der Waals surface area contributed by atoms with Crippen molar-refractivity contribution in [2.24, 2.45) is 5.73 Å². The zero-order chi connectivity index (χ0) is 24.4. The van der Waals surface area contributed by atoms with E-state index in [1.54, 1.807) is 48.5 Å². The van der Waals surface area contributed by atoms with E-state index in [-0.39, 0.29) is 12.1 Å². The topological polar surface area (TPSA) is 124 Å². The molecule has 2 atom stereocenters. The highest BCUT2D eigenvalue weighted by Crippen LogP contribution is 2.32. The fourth-order valence-electron chi connectivity index (χ4n) is 4.20. The number of hydrogen-bond acceptors (Lipinski definition) is 9. The molecule has 0 unspecified atom stereocenters. The van der Waals surface area contributed by atoms with Crippen LogP contribution in [0.2, 0.25) is 0 Å². The minimum atomic E-state index is -0.218. The Kier molecular flexibility index (Phi) is 6.08. The Morgan fingerprint density at radius 1 is 1.11 bits per heavy atom. The van der Waals surface area contributed by atoms with Gasteiger partial charge in [-0.1, -0.05) is 0 Å². The summed E-state index contributed by atoms with van der Waals surface area (Å²) >= 11 is 0. The average molecular weight is 472 g/mol. The van der Waals surface area contributed by atoms with Gasteiger partial charge in [0.1, 0.15) is 29.5 Å². The van der Waals surface area contributed by atoms with Gasteiger partial charge in [0.05, 0.1) is 56.0 Å². The van der Waals surface area contributed by atoms with E-state index in [1.165, 1.54) is 0 Å². The lowest BCUT2D eigenvalue weighted by Crippen LogP contribution is -2.37. The predicted molar refractivity (Wildman–Crippen MR) is 130 cm³/mol. The van der Waals surface area contributed by atoms with Crippen molar-refractivity contribution < 1.29 is 14.2 Å². The van der Waals surface area contributed by atoms with Gasteiger partial charge in [-0.3, -0.25) is 0 Å². The molecule has 1 saturated heterocycles. The van der Waals surface area contributed by atoms with Crippen molar-refractivity contribution in [3.05, 3.63) is 60.7 Å². The molecule has 4 aromatic heterocycles. The van der Waals surface area contributed by atoms with Crippen LogP contribution in [0.5, 0.6) is 17.4 Å². The van der Waals surface area contributed by atoms with E-state index in [9.17, 15) is 5.26 Å². The first-order chi connectivity index (χ1) is 17.1. The Hall–Kier alpha value is -4.36. The standard InChI is InChI=1S/C25H25N7O3/c1-3-34-19-8-20(25-17(9-26)11-30-32(25)13-19)16-4-6-23(28-10-16)31-14-21(27)22(15-31)35-24-7-5-18(33-2)12-29-24/h4-8,10-13,21-22H,3,14-15,27H2,1-2H3/t21-,22-/m1/s1. The molecule has 0 bridgehead atoms. The van der Waals surface area contributed by atoms with Crippen molar-refractivity contribution in [2.75, 3.05) is 31.7 Å². The van der Waals surface area contributed by atoms with Gasteiger partial charge in [-0.2, -0.15) is 10.4 Å². The molecule has 1 aliphatic rings. The molecule has 0 aromatic carbocycles. The normalized spacial score (nSPS) is 17.4. The number of hydrogen-bond donors (Lipinski definition) is 1. The quantitative estimate of drug-likeness (QED) is 0.433. The minimum Gasteiger partial charge on any atom is -0.495 e. The van der Waals surface area contributed by atoms with Crippen LogP contribution < -0.4 is 24.8 Å². The summed E-state index contributed by atoms with van der Waals surface area (Å²) in [5.41, 5.74) is 9.25. The molecule has 2 N–H and O–H groups in total. The smallest absolute Gasteiger partial charge is 0.213 e. The molecule has 4 aromatic rings. The van der Waals surface area contributed by atoms with Crippen LogP contribution in [0.25, 0.3) is 16.6 Å². The van der Waals surface area contributed by atoms with E-state index in [1.807, 2.05) is 25.1 Å². The van der Waals surface area contributed by atoms with Gasteiger partial charge in [0, 0.05) is 29.9 Å². The number of pyridine rings is 3. The molecule has 178 valence electrons. The van der Waals surface area contributed by atoms with Crippen LogP contribution in [0.3, 0.4) is 0 Å². The van der Waals surface area contributed by atoms with Crippen LogP contribution in [0.1, 0.15) is 12.5 Å². The molecule has 0 amide bonds. The maximum atomic E-state index is 9.55. The summed E-state index contributed by atoms with van der Waals surface area (Å²) < 4.78 is 18.5. The lowest BCUT2D eigenvalue weighted by atomic mass is 10.1. The second-order valence-corrected chi connectivity index (χ2v) is 8.15. The number of anilines is 1. The molecule has 1 aliphatic heterocycles. The molecule has 5 rings (SSSR count). The third kappa shape index (κ3) is 4.41. The Balaban J connectivity index is 1.37. The largest absolute Gasteiger partial charge is 0.495 e. The fourth-order valence-corrected chi connectivity index (χ4v) is 4.20. The highest BCUT2D eigenvalue weighted by Gasteiger charge is 2.33. The lowest BCUT2D eigenvalue weighted by molar-refractivity contribution is 0.198. The zero-order valence-corrected chi connectivity index (χ0v) is 19.5. The first kappa shape index (κ1) is 22.4. The second kappa shape index (κ2) is 9.48. The number of nitrogens with zero attached hydrogens (tertiary/aromatic N) is 6. The van der Waals surface area contributed by atoms with E-state index >= 15 is 0 Å². The monoisotopic (exact) mass is 471 g/mol.